The van der Waals surface area contributed by atoms with Gasteiger partial charge < -0.3 is 29.0 Å². The molecule has 0 aliphatic carbocycles. The molecule has 1 amide bonds. The van der Waals surface area contributed by atoms with Gasteiger partial charge in [-0.25, -0.2) is 14.6 Å². The van der Waals surface area contributed by atoms with Gasteiger partial charge in [0.15, 0.2) is 17.5 Å². The molecule has 1 aromatic carbocycles. The minimum atomic E-state index is -1.32. The molecule has 204 valence electrons. The molecule has 0 spiro atoms. The lowest BCUT2D eigenvalue weighted by molar-refractivity contribution is -0.152. The van der Waals surface area contributed by atoms with Crippen molar-refractivity contribution in [2.24, 2.45) is 11.8 Å². The number of cyclic esters (lactones) is 2. The van der Waals surface area contributed by atoms with Gasteiger partial charge in [0.1, 0.15) is 6.61 Å². The minimum absolute atomic E-state index is 0.0486. The van der Waals surface area contributed by atoms with Crippen LogP contribution >= 0.6 is 0 Å². The molecule has 0 bridgehead atoms. The number of amides is 1. The number of benzene rings is 1. The average Bonchev–Trinajstić information content (AvgIpc) is 2.93. The van der Waals surface area contributed by atoms with Crippen LogP contribution in [0.5, 0.6) is 11.5 Å². The Bertz CT molecular complexity index is 1140. The summed E-state index contributed by atoms with van der Waals surface area (Å²) in [4.78, 5) is 55.0. The highest BCUT2D eigenvalue weighted by Gasteiger charge is 2.34. The fourth-order valence-corrected chi connectivity index (χ4v) is 3.77. The molecule has 1 aliphatic rings. The third-order valence-electron chi connectivity index (χ3n) is 5.60. The third-order valence-corrected chi connectivity index (χ3v) is 5.60. The molecule has 38 heavy (non-hydrogen) atoms. The quantitative estimate of drug-likeness (QED) is 0.401. The minimum Gasteiger partial charge on any atom is -0.493 e. The standard InChI is InChI=1S/C27H32N2O9/c1-16(2)14-36-27(33)38-23-21(34-4)10-11-28-22(23)24(30)29-20-15-35-25(31)19(12-17(3)37-26(20)32)13-18-8-6-5-7-9-18/h5-11,16-17,19-20H,12-15H2,1-4H3,(H,29,30). The molecule has 1 saturated heterocycles. The number of rotatable bonds is 8. The predicted molar refractivity (Wildman–Crippen MR) is 134 cm³/mol. The van der Waals surface area contributed by atoms with Gasteiger partial charge in [-0.2, -0.15) is 0 Å². The number of nitrogens with one attached hydrogen (secondary N) is 1. The van der Waals surface area contributed by atoms with Crippen molar-refractivity contribution in [2.75, 3.05) is 20.3 Å². The fraction of sp³-hybridized carbons (Fsp3) is 0.444. The van der Waals surface area contributed by atoms with Gasteiger partial charge in [0, 0.05) is 12.3 Å². The topological polar surface area (TPSA) is 139 Å². The van der Waals surface area contributed by atoms with Gasteiger partial charge >= 0.3 is 18.1 Å². The zero-order valence-electron chi connectivity index (χ0n) is 21.8. The van der Waals surface area contributed by atoms with E-state index in [0.717, 1.165) is 5.56 Å². The summed E-state index contributed by atoms with van der Waals surface area (Å²) in [7, 11) is 1.33. The molecule has 3 atom stereocenters. The number of ether oxygens (including phenoxy) is 5. The molecule has 2 heterocycles. The van der Waals surface area contributed by atoms with Crippen LogP contribution in [0.1, 0.15) is 43.2 Å². The first-order valence-electron chi connectivity index (χ1n) is 12.3. The lowest BCUT2D eigenvalue weighted by atomic mass is 9.94. The first-order valence-corrected chi connectivity index (χ1v) is 12.3. The van der Waals surface area contributed by atoms with Crippen molar-refractivity contribution >= 4 is 24.0 Å². The van der Waals surface area contributed by atoms with Gasteiger partial charge in [0.05, 0.1) is 25.7 Å². The Balaban J connectivity index is 1.75. The molecule has 1 fully saturated rings. The van der Waals surface area contributed by atoms with E-state index < -0.39 is 48.7 Å². The van der Waals surface area contributed by atoms with Crippen LogP contribution in [0, 0.1) is 11.8 Å². The number of esters is 2. The van der Waals surface area contributed by atoms with Crippen LogP contribution in [0.25, 0.3) is 0 Å². The molecule has 11 heteroatoms. The highest BCUT2D eigenvalue weighted by atomic mass is 16.7. The van der Waals surface area contributed by atoms with E-state index in [-0.39, 0.29) is 36.1 Å². The van der Waals surface area contributed by atoms with Crippen molar-refractivity contribution in [3.05, 3.63) is 53.9 Å². The maximum Gasteiger partial charge on any atom is 0.514 e. The van der Waals surface area contributed by atoms with Crippen LogP contribution in [-0.4, -0.2) is 61.5 Å². The van der Waals surface area contributed by atoms with Gasteiger partial charge in [-0.3, -0.25) is 9.59 Å². The fourth-order valence-electron chi connectivity index (χ4n) is 3.77. The maximum atomic E-state index is 13.1. The smallest absolute Gasteiger partial charge is 0.493 e. The Labute approximate surface area is 220 Å². The van der Waals surface area contributed by atoms with Crippen LogP contribution in [0.3, 0.4) is 0 Å². The molecule has 0 saturated carbocycles. The number of pyridine rings is 1. The van der Waals surface area contributed by atoms with Crippen LogP contribution in [0.15, 0.2) is 42.6 Å². The molecule has 3 unspecified atom stereocenters. The number of methoxy groups -OCH3 is 1. The second kappa shape index (κ2) is 13.4. The van der Waals surface area contributed by atoms with E-state index in [1.807, 2.05) is 44.2 Å². The number of carbonyl (C=O) groups is 4. The molecular formula is C27H32N2O9. The Morgan fingerprint density at radius 3 is 2.55 bits per heavy atom. The zero-order valence-corrected chi connectivity index (χ0v) is 21.8. The lowest BCUT2D eigenvalue weighted by Crippen LogP contribution is -2.46. The summed E-state index contributed by atoms with van der Waals surface area (Å²) >= 11 is 0. The Kier molecular flexibility index (Phi) is 10.0. The third kappa shape index (κ3) is 7.92. The van der Waals surface area contributed by atoms with Crippen molar-refractivity contribution in [2.45, 2.75) is 45.8 Å². The summed E-state index contributed by atoms with van der Waals surface area (Å²) in [5.74, 6) is -2.87. The number of aromatic nitrogens is 1. The van der Waals surface area contributed by atoms with Gasteiger partial charge in [-0.15, -0.1) is 0 Å². The van der Waals surface area contributed by atoms with Crippen LogP contribution in [-0.2, 0) is 30.2 Å². The van der Waals surface area contributed by atoms with E-state index in [9.17, 15) is 19.2 Å². The molecule has 2 aromatic rings. The van der Waals surface area contributed by atoms with Crippen LogP contribution in [0.4, 0.5) is 4.79 Å². The number of hydrogen-bond acceptors (Lipinski definition) is 10. The lowest BCUT2D eigenvalue weighted by Gasteiger charge is -2.19. The second-order valence-electron chi connectivity index (χ2n) is 9.27. The first kappa shape index (κ1) is 28.4. The predicted octanol–water partition coefficient (Wildman–Crippen LogP) is 3.10. The molecule has 1 aromatic heterocycles. The Morgan fingerprint density at radius 2 is 1.87 bits per heavy atom. The number of hydrogen-bond donors (Lipinski definition) is 1. The van der Waals surface area contributed by atoms with E-state index in [4.69, 9.17) is 23.7 Å². The van der Waals surface area contributed by atoms with Crippen molar-refractivity contribution in [1.29, 1.82) is 0 Å². The Hall–Kier alpha value is -4.15. The van der Waals surface area contributed by atoms with E-state index in [1.165, 1.54) is 19.4 Å². The summed E-state index contributed by atoms with van der Waals surface area (Å²) in [6.45, 7) is 5.03. The monoisotopic (exact) mass is 528 g/mol. The molecule has 3 rings (SSSR count). The Morgan fingerprint density at radius 1 is 1.13 bits per heavy atom. The van der Waals surface area contributed by atoms with E-state index in [2.05, 4.69) is 10.3 Å². The summed E-state index contributed by atoms with van der Waals surface area (Å²) in [6, 6.07) is 9.51. The van der Waals surface area contributed by atoms with Gasteiger partial charge in [-0.05, 0) is 31.2 Å². The normalized spacial score (nSPS) is 19.8. The van der Waals surface area contributed by atoms with Crippen molar-refractivity contribution in [3.63, 3.8) is 0 Å². The maximum absolute atomic E-state index is 13.1. The highest BCUT2D eigenvalue weighted by molar-refractivity contribution is 5.98. The average molecular weight is 529 g/mol. The van der Waals surface area contributed by atoms with Crippen molar-refractivity contribution in [1.82, 2.24) is 10.3 Å². The summed E-state index contributed by atoms with van der Waals surface area (Å²) < 4.78 is 26.3. The second-order valence-corrected chi connectivity index (χ2v) is 9.27. The van der Waals surface area contributed by atoms with Crippen molar-refractivity contribution in [3.8, 4) is 11.5 Å². The number of nitrogens with zero attached hydrogens (tertiary/aromatic N) is 1. The van der Waals surface area contributed by atoms with E-state index >= 15 is 0 Å². The highest BCUT2D eigenvalue weighted by Crippen LogP contribution is 2.30. The summed E-state index contributed by atoms with van der Waals surface area (Å²) in [5.41, 5.74) is 0.612. The van der Waals surface area contributed by atoms with E-state index in [0.29, 0.717) is 6.42 Å². The molecular weight excluding hydrogens is 496 g/mol. The molecule has 0 radical (unpaired) electrons. The van der Waals surface area contributed by atoms with Gasteiger partial charge in [-0.1, -0.05) is 44.2 Å². The summed E-state index contributed by atoms with van der Waals surface area (Å²) in [6.07, 6.45) is 0.296. The molecule has 1 aliphatic heterocycles. The summed E-state index contributed by atoms with van der Waals surface area (Å²) in [5, 5.41) is 2.46. The van der Waals surface area contributed by atoms with Crippen LogP contribution in [0.2, 0.25) is 0 Å². The molecule has 1 N–H and O–H groups in total. The van der Waals surface area contributed by atoms with Gasteiger partial charge in [0.25, 0.3) is 5.91 Å². The largest absolute Gasteiger partial charge is 0.514 e. The van der Waals surface area contributed by atoms with Crippen LogP contribution < -0.4 is 14.8 Å². The zero-order chi connectivity index (χ0) is 27.7. The first-order chi connectivity index (χ1) is 18.2. The molecule has 11 nitrogen and oxygen atoms in total. The SMILES string of the molecule is COc1ccnc(C(=O)NC2COC(=O)C(Cc3ccccc3)CC(C)OC2=O)c1OC(=O)OCC(C)C. The van der Waals surface area contributed by atoms with Gasteiger partial charge in [0.2, 0.25) is 5.75 Å². The van der Waals surface area contributed by atoms with E-state index in [1.54, 1.807) is 6.92 Å². The number of carbonyl (C=O) groups excluding carboxylic acids is 4. The van der Waals surface area contributed by atoms with Crippen molar-refractivity contribution < 1.29 is 42.9 Å².